The molecule has 0 bridgehead atoms. The predicted octanol–water partition coefficient (Wildman–Crippen LogP) is 4.26. The normalized spacial score (nSPS) is 12.4. The number of benzene rings is 2. The van der Waals surface area contributed by atoms with Crippen molar-refractivity contribution < 1.29 is 13.2 Å². The number of halogens is 4. The first-order valence-electron chi connectivity index (χ1n) is 6.07. The lowest BCUT2D eigenvalue weighted by Crippen LogP contribution is -2.20. The van der Waals surface area contributed by atoms with Gasteiger partial charge in [0.05, 0.1) is 0 Å². The van der Waals surface area contributed by atoms with Gasteiger partial charge < -0.3 is 5.32 Å². The first-order valence-corrected chi connectivity index (χ1v) is 6.45. The highest BCUT2D eigenvalue weighted by Gasteiger charge is 2.17. The Bertz CT molecular complexity index is 616. The molecule has 1 nitrogen and oxygen atoms in total. The van der Waals surface area contributed by atoms with Gasteiger partial charge in [-0.1, -0.05) is 11.6 Å². The summed E-state index contributed by atoms with van der Waals surface area (Å²) in [5.41, 5.74) is 0.725. The molecule has 0 saturated carbocycles. The molecule has 2 aromatic carbocycles. The molecule has 1 N–H and O–H groups in total. The molecule has 0 heterocycles. The van der Waals surface area contributed by atoms with E-state index < -0.39 is 23.5 Å². The van der Waals surface area contributed by atoms with E-state index >= 15 is 0 Å². The topological polar surface area (TPSA) is 12.0 Å². The van der Waals surface area contributed by atoms with Crippen LogP contribution in [0.1, 0.15) is 17.2 Å². The minimum absolute atomic E-state index is 0.188. The standard InChI is InChI=1S/C15H13ClF3N/c1-20-15(12-8-11(18)3-5-14(12)19)7-9-6-10(17)2-4-13(9)16/h2-6,8,15,20H,7H2,1H3. The fourth-order valence-corrected chi connectivity index (χ4v) is 2.26. The summed E-state index contributed by atoms with van der Waals surface area (Å²) in [5, 5.41) is 3.29. The molecule has 5 heteroatoms. The van der Waals surface area contributed by atoms with Crippen molar-refractivity contribution in [1.82, 2.24) is 5.32 Å². The second-order valence-corrected chi connectivity index (χ2v) is 4.85. The number of hydrogen-bond acceptors (Lipinski definition) is 1. The van der Waals surface area contributed by atoms with Gasteiger partial charge >= 0.3 is 0 Å². The quantitative estimate of drug-likeness (QED) is 0.889. The van der Waals surface area contributed by atoms with Gasteiger partial charge in [0.1, 0.15) is 17.5 Å². The molecular formula is C15H13ClF3N. The second-order valence-electron chi connectivity index (χ2n) is 4.45. The number of rotatable bonds is 4. The number of likely N-dealkylation sites (N-methyl/N-ethyl adjacent to an activating group) is 1. The Balaban J connectivity index is 2.33. The fourth-order valence-electron chi connectivity index (χ4n) is 2.07. The van der Waals surface area contributed by atoms with Crippen LogP contribution in [-0.4, -0.2) is 7.05 Å². The van der Waals surface area contributed by atoms with Crippen LogP contribution in [0.25, 0.3) is 0 Å². The molecule has 0 aliphatic carbocycles. The maximum atomic E-state index is 13.8. The summed E-state index contributed by atoms with van der Waals surface area (Å²) in [4.78, 5) is 0. The Morgan fingerprint density at radius 1 is 1.05 bits per heavy atom. The summed E-state index contributed by atoms with van der Waals surface area (Å²) in [5.74, 6) is -1.45. The molecule has 2 rings (SSSR count). The number of nitrogens with one attached hydrogen (secondary N) is 1. The van der Waals surface area contributed by atoms with Crippen LogP contribution >= 0.6 is 11.6 Å². The zero-order valence-corrected chi connectivity index (χ0v) is 11.5. The highest BCUT2D eigenvalue weighted by atomic mass is 35.5. The maximum absolute atomic E-state index is 13.8. The van der Waals surface area contributed by atoms with Gasteiger partial charge in [0.15, 0.2) is 0 Å². The first kappa shape index (κ1) is 14.9. The molecule has 1 unspecified atom stereocenters. The van der Waals surface area contributed by atoms with Gasteiger partial charge in [-0.3, -0.25) is 0 Å². The van der Waals surface area contributed by atoms with Crippen LogP contribution in [0.3, 0.4) is 0 Å². The Kier molecular flexibility index (Phi) is 4.68. The molecule has 1 atom stereocenters. The summed E-state index contributed by atoms with van der Waals surface area (Å²) in [7, 11) is 1.63. The van der Waals surface area contributed by atoms with E-state index in [1.165, 1.54) is 18.2 Å². The van der Waals surface area contributed by atoms with E-state index in [2.05, 4.69) is 5.32 Å². The molecule has 0 amide bonds. The van der Waals surface area contributed by atoms with Crippen molar-refractivity contribution in [3.63, 3.8) is 0 Å². The van der Waals surface area contributed by atoms with Gasteiger partial charge in [0.25, 0.3) is 0 Å². The van der Waals surface area contributed by atoms with Crippen LogP contribution in [0.2, 0.25) is 5.02 Å². The van der Waals surface area contributed by atoms with Crippen molar-refractivity contribution >= 4 is 11.6 Å². The van der Waals surface area contributed by atoms with Gasteiger partial charge in [0.2, 0.25) is 0 Å². The van der Waals surface area contributed by atoms with E-state index in [-0.39, 0.29) is 12.0 Å². The fraction of sp³-hybridized carbons (Fsp3) is 0.200. The molecule has 0 spiro atoms. The molecular weight excluding hydrogens is 287 g/mol. The lowest BCUT2D eigenvalue weighted by atomic mass is 9.98. The first-order chi connectivity index (χ1) is 9.51. The van der Waals surface area contributed by atoms with Crippen LogP contribution < -0.4 is 5.32 Å². The van der Waals surface area contributed by atoms with Crippen molar-refractivity contribution in [1.29, 1.82) is 0 Å². The Morgan fingerprint density at radius 3 is 2.40 bits per heavy atom. The van der Waals surface area contributed by atoms with E-state index in [1.54, 1.807) is 7.05 Å². The minimum atomic E-state index is -0.521. The molecule has 106 valence electrons. The van der Waals surface area contributed by atoms with Crippen molar-refractivity contribution in [2.75, 3.05) is 7.05 Å². The van der Waals surface area contributed by atoms with Crippen LogP contribution in [-0.2, 0) is 6.42 Å². The third-order valence-electron chi connectivity index (χ3n) is 3.11. The summed E-state index contributed by atoms with van der Waals surface area (Å²) < 4.78 is 40.3. The van der Waals surface area contributed by atoms with Gasteiger partial charge in [-0.05, 0) is 55.4 Å². The smallest absolute Gasteiger partial charge is 0.128 e. The van der Waals surface area contributed by atoms with Crippen molar-refractivity contribution in [3.05, 3.63) is 70.0 Å². The lowest BCUT2D eigenvalue weighted by molar-refractivity contribution is 0.521. The average molecular weight is 300 g/mol. The molecule has 0 aliphatic rings. The van der Waals surface area contributed by atoms with E-state index in [0.29, 0.717) is 10.6 Å². The van der Waals surface area contributed by atoms with Crippen LogP contribution in [0.15, 0.2) is 36.4 Å². The maximum Gasteiger partial charge on any atom is 0.128 e. The second kappa shape index (κ2) is 6.29. The lowest BCUT2D eigenvalue weighted by Gasteiger charge is -2.18. The van der Waals surface area contributed by atoms with E-state index in [1.807, 2.05) is 0 Å². The van der Waals surface area contributed by atoms with E-state index in [9.17, 15) is 13.2 Å². The Labute approximate surface area is 120 Å². The largest absolute Gasteiger partial charge is 0.313 e. The van der Waals surface area contributed by atoms with Crippen molar-refractivity contribution in [2.45, 2.75) is 12.5 Å². The van der Waals surface area contributed by atoms with Crippen LogP contribution in [0.4, 0.5) is 13.2 Å². The van der Waals surface area contributed by atoms with E-state index in [4.69, 9.17) is 11.6 Å². The summed E-state index contributed by atoms with van der Waals surface area (Å²) in [6.07, 6.45) is 0.257. The van der Waals surface area contributed by atoms with Gasteiger partial charge in [-0.25, -0.2) is 13.2 Å². The predicted molar refractivity (Wildman–Crippen MR) is 73.3 cm³/mol. The molecule has 0 aromatic heterocycles. The number of hydrogen-bond donors (Lipinski definition) is 1. The van der Waals surface area contributed by atoms with Gasteiger partial charge in [-0.2, -0.15) is 0 Å². The summed E-state index contributed by atoms with van der Waals surface area (Å²) in [6, 6.07) is 6.75. The molecule has 2 aromatic rings. The molecule has 0 radical (unpaired) electrons. The van der Waals surface area contributed by atoms with Crippen LogP contribution in [0.5, 0.6) is 0 Å². The zero-order valence-electron chi connectivity index (χ0n) is 10.8. The minimum Gasteiger partial charge on any atom is -0.313 e. The molecule has 0 aliphatic heterocycles. The third kappa shape index (κ3) is 3.32. The third-order valence-corrected chi connectivity index (χ3v) is 3.48. The van der Waals surface area contributed by atoms with Crippen molar-refractivity contribution in [2.24, 2.45) is 0 Å². The van der Waals surface area contributed by atoms with Gasteiger partial charge in [-0.15, -0.1) is 0 Å². The highest BCUT2D eigenvalue weighted by molar-refractivity contribution is 6.31. The molecule has 0 saturated heterocycles. The summed E-state index contributed by atoms with van der Waals surface area (Å²) in [6.45, 7) is 0. The monoisotopic (exact) mass is 299 g/mol. The highest BCUT2D eigenvalue weighted by Crippen LogP contribution is 2.26. The zero-order chi connectivity index (χ0) is 14.7. The summed E-state index contributed by atoms with van der Waals surface area (Å²) >= 11 is 5.99. The average Bonchev–Trinajstić information content (AvgIpc) is 2.42. The Morgan fingerprint density at radius 2 is 1.70 bits per heavy atom. The molecule has 0 fully saturated rings. The SMILES string of the molecule is CNC(Cc1cc(F)ccc1Cl)c1cc(F)ccc1F. The Hall–Kier alpha value is -1.52. The van der Waals surface area contributed by atoms with Gasteiger partial charge in [0, 0.05) is 16.6 Å². The molecule has 20 heavy (non-hydrogen) atoms. The van der Waals surface area contributed by atoms with Crippen LogP contribution in [0, 0.1) is 17.5 Å². The van der Waals surface area contributed by atoms with Crippen molar-refractivity contribution in [3.8, 4) is 0 Å². The van der Waals surface area contributed by atoms with E-state index in [0.717, 1.165) is 18.2 Å².